The van der Waals surface area contributed by atoms with E-state index < -0.39 is 5.97 Å². The van der Waals surface area contributed by atoms with Crippen LogP contribution in [0.5, 0.6) is 0 Å². The molecule has 0 heterocycles. The van der Waals surface area contributed by atoms with Gasteiger partial charge in [0.25, 0.3) is 0 Å². The monoisotopic (exact) mass is 226 g/mol. The van der Waals surface area contributed by atoms with Crippen molar-refractivity contribution in [2.75, 3.05) is 6.54 Å². The van der Waals surface area contributed by atoms with Gasteiger partial charge in [0.1, 0.15) is 0 Å². The van der Waals surface area contributed by atoms with Gasteiger partial charge in [-0.05, 0) is 32.6 Å². The normalized spacial score (nSPS) is 21.9. The Morgan fingerprint density at radius 1 is 1.38 bits per heavy atom. The Labute approximate surface area is 94.8 Å². The van der Waals surface area contributed by atoms with Gasteiger partial charge in [-0.3, -0.25) is 14.5 Å². The third-order valence-electron chi connectivity index (χ3n) is 3.13. The lowest BCUT2D eigenvalue weighted by molar-refractivity contribution is -0.140. The van der Waals surface area contributed by atoms with E-state index in [-0.39, 0.29) is 24.5 Å². The maximum Gasteiger partial charge on any atom is 0.317 e. The van der Waals surface area contributed by atoms with Crippen LogP contribution in [0.15, 0.2) is 0 Å². The Morgan fingerprint density at radius 2 is 2.00 bits per heavy atom. The number of carboxylic acid groups (broad SMARTS) is 1. The van der Waals surface area contributed by atoms with E-state index in [2.05, 4.69) is 5.32 Å². The summed E-state index contributed by atoms with van der Waals surface area (Å²) in [6.45, 7) is 1.75. The van der Waals surface area contributed by atoms with Crippen LogP contribution in [-0.4, -0.2) is 46.6 Å². The van der Waals surface area contributed by atoms with Gasteiger partial charge in [0.05, 0.1) is 12.6 Å². The van der Waals surface area contributed by atoms with Crippen LogP contribution in [0.1, 0.15) is 32.6 Å². The maximum atomic E-state index is 11.8. The quantitative estimate of drug-likeness (QED) is 0.679. The molecule has 0 spiro atoms. The number of aliphatic carboxylic acids is 1. The molecule has 0 aliphatic heterocycles. The second-order valence-corrected chi connectivity index (χ2v) is 4.76. The van der Waals surface area contributed by atoms with E-state index in [1.54, 1.807) is 11.8 Å². The average Bonchev–Trinajstić information content (AvgIpc) is 3.04. The van der Waals surface area contributed by atoms with Crippen LogP contribution >= 0.6 is 0 Å². The molecule has 1 unspecified atom stereocenters. The Bertz CT molecular complexity index is 298. The SMILES string of the molecule is CC(C(=O)NC1CC1)N(CC(=O)O)C1CC1. The van der Waals surface area contributed by atoms with E-state index in [0.29, 0.717) is 6.04 Å². The molecule has 90 valence electrons. The molecule has 2 aliphatic carbocycles. The number of carboxylic acids is 1. The highest BCUT2D eigenvalue weighted by atomic mass is 16.4. The minimum atomic E-state index is -0.863. The highest BCUT2D eigenvalue weighted by Crippen LogP contribution is 2.28. The average molecular weight is 226 g/mol. The number of nitrogens with zero attached hydrogens (tertiary/aromatic N) is 1. The lowest BCUT2D eigenvalue weighted by Crippen LogP contribution is -2.48. The zero-order valence-corrected chi connectivity index (χ0v) is 9.48. The summed E-state index contributed by atoms with van der Waals surface area (Å²) in [4.78, 5) is 24.3. The first kappa shape index (κ1) is 11.4. The fourth-order valence-electron chi connectivity index (χ4n) is 1.84. The second-order valence-electron chi connectivity index (χ2n) is 4.76. The maximum absolute atomic E-state index is 11.8. The predicted octanol–water partition coefficient (Wildman–Crippen LogP) is 0.203. The number of rotatable bonds is 6. The Hall–Kier alpha value is -1.10. The molecule has 5 heteroatoms. The van der Waals surface area contributed by atoms with E-state index in [0.717, 1.165) is 25.7 Å². The summed E-state index contributed by atoms with van der Waals surface area (Å²) in [5.74, 6) is -0.895. The minimum Gasteiger partial charge on any atom is -0.480 e. The van der Waals surface area contributed by atoms with Crippen molar-refractivity contribution in [2.45, 2.75) is 50.7 Å². The summed E-state index contributed by atoms with van der Waals surface area (Å²) < 4.78 is 0. The summed E-state index contributed by atoms with van der Waals surface area (Å²) in [7, 11) is 0. The molecule has 0 aromatic rings. The fraction of sp³-hybridized carbons (Fsp3) is 0.818. The molecule has 16 heavy (non-hydrogen) atoms. The van der Waals surface area contributed by atoms with Crippen molar-refractivity contribution in [3.05, 3.63) is 0 Å². The molecular formula is C11H18N2O3. The van der Waals surface area contributed by atoms with Crippen LogP contribution in [0.3, 0.4) is 0 Å². The summed E-state index contributed by atoms with van der Waals surface area (Å²) >= 11 is 0. The molecule has 2 rings (SSSR count). The molecule has 0 saturated heterocycles. The third-order valence-corrected chi connectivity index (χ3v) is 3.13. The van der Waals surface area contributed by atoms with Crippen LogP contribution < -0.4 is 5.32 Å². The minimum absolute atomic E-state index is 0.0318. The second kappa shape index (κ2) is 4.41. The lowest BCUT2D eigenvalue weighted by Gasteiger charge is -2.26. The van der Waals surface area contributed by atoms with Crippen molar-refractivity contribution in [1.29, 1.82) is 0 Å². The van der Waals surface area contributed by atoms with Crippen molar-refractivity contribution >= 4 is 11.9 Å². The standard InChI is InChI=1S/C11H18N2O3/c1-7(11(16)12-8-2-3-8)13(6-10(14)15)9-4-5-9/h7-9H,2-6H2,1H3,(H,12,16)(H,14,15). The first-order valence-corrected chi connectivity index (χ1v) is 5.86. The smallest absolute Gasteiger partial charge is 0.317 e. The van der Waals surface area contributed by atoms with Crippen molar-refractivity contribution in [3.8, 4) is 0 Å². The summed E-state index contributed by atoms with van der Waals surface area (Å²) in [6, 6.07) is 0.293. The lowest BCUT2D eigenvalue weighted by atomic mass is 10.2. The number of nitrogens with one attached hydrogen (secondary N) is 1. The largest absolute Gasteiger partial charge is 0.480 e. The van der Waals surface area contributed by atoms with E-state index >= 15 is 0 Å². The molecular weight excluding hydrogens is 208 g/mol. The van der Waals surface area contributed by atoms with Gasteiger partial charge in [-0.1, -0.05) is 0 Å². The van der Waals surface area contributed by atoms with E-state index in [4.69, 9.17) is 5.11 Å². The number of amides is 1. The number of carbonyl (C=O) groups is 2. The van der Waals surface area contributed by atoms with Gasteiger partial charge in [-0.15, -0.1) is 0 Å². The Morgan fingerprint density at radius 3 is 2.44 bits per heavy atom. The van der Waals surface area contributed by atoms with Crippen molar-refractivity contribution < 1.29 is 14.7 Å². The molecule has 0 aromatic carbocycles. The molecule has 1 amide bonds. The first-order valence-electron chi connectivity index (χ1n) is 5.86. The Kier molecular flexibility index (Phi) is 3.14. The van der Waals surface area contributed by atoms with Crippen LogP contribution in [-0.2, 0) is 9.59 Å². The number of hydrogen-bond donors (Lipinski definition) is 2. The summed E-state index contributed by atoms with van der Waals surface area (Å²) in [5.41, 5.74) is 0. The van der Waals surface area contributed by atoms with Gasteiger partial charge in [0.15, 0.2) is 0 Å². The molecule has 2 N–H and O–H groups in total. The van der Waals surface area contributed by atoms with Crippen LogP contribution in [0, 0.1) is 0 Å². The van der Waals surface area contributed by atoms with Gasteiger partial charge >= 0.3 is 5.97 Å². The van der Waals surface area contributed by atoms with Gasteiger partial charge in [-0.25, -0.2) is 0 Å². The van der Waals surface area contributed by atoms with E-state index in [1.807, 2.05) is 0 Å². The van der Waals surface area contributed by atoms with Crippen LogP contribution in [0.25, 0.3) is 0 Å². The first-order chi connectivity index (χ1) is 7.58. The summed E-state index contributed by atoms with van der Waals surface area (Å²) in [5, 5.41) is 11.7. The van der Waals surface area contributed by atoms with Gasteiger partial charge in [0, 0.05) is 12.1 Å². The van der Waals surface area contributed by atoms with Crippen molar-refractivity contribution in [2.24, 2.45) is 0 Å². The molecule has 0 radical (unpaired) electrons. The molecule has 2 aliphatic rings. The highest BCUT2D eigenvalue weighted by molar-refractivity contribution is 5.82. The zero-order valence-electron chi connectivity index (χ0n) is 9.48. The number of hydrogen-bond acceptors (Lipinski definition) is 3. The van der Waals surface area contributed by atoms with E-state index in [9.17, 15) is 9.59 Å². The zero-order chi connectivity index (χ0) is 11.7. The molecule has 0 bridgehead atoms. The van der Waals surface area contributed by atoms with E-state index in [1.165, 1.54) is 0 Å². The van der Waals surface area contributed by atoms with Gasteiger partial charge in [-0.2, -0.15) is 0 Å². The highest BCUT2D eigenvalue weighted by Gasteiger charge is 2.37. The Balaban J connectivity index is 1.89. The summed E-state index contributed by atoms with van der Waals surface area (Å²) in [6.07, 6.45) is 4.13. The van der Waals surface area contributed by atoms with Gasteiger partial charge in [0.2, 0.25) is 5.91 Å². The molecule has 0 aromatic heterocycles. The predicted molar refractivity (Wildman–Crippen MR) is 58.0 cm³/mol. The molecule has 5 nitrogen and oxygen atoms in total. The third kappa shape index (κ3) is 2.95. The van der Waals surface area contributed by atoms with Crippen molar-refractivity contribution in [1.82, 2.24) is 10.2 Å². The van der Waals surface area contributed by atoms with Crippen LogP contribution in [0.4, 0.5) is 0 Å². The number of carbonyl (C=O) groups excluding carboxylic acids is 1. The fourth-order valence-corrected chi connectivity index (χ4v) is 1.84. The molecule has 1 atom stereocenters. The van der Waals surface area contributed by atoms with Gasteiger partial charge < -0.3 is 10.4 Å². The van der Waals surface area contributed by atoms with Crippen LogP contribution in [0.2, 0.25) is 0 Å². The molecule has 2 fully saturated rings. The van der Waals surface area contributed by atoms with Crippen molar-refractivity contribution in [3.63, 3.8) is 0 Å². The molecule has 2 saturated carbocycles. The topological polar surface area (TPSA) is 69.6 Å².